The van der Waals surface area contributed by atoms with Gasteiger partial charge in [0.2, 0.25) is 15.5 Å². The van der Waals surface area contributed by atoms with Crippen LogP contribution in [0.15, 0.2) is 116 Å². The lowest BCUT2D eigenvalue weighted by Gasteiger charge is -2.20. The first kappa shape index (κ1) is 27.0. The summed E-state index contributed by atoms with van der Waals surface area (Å²) in [5.74, 6) is -0.0208. The largest absolute Gasteiger partial charge is 0.348 e. The van der Waals surface area contributed by atoms with Crippen LogP contribution in [0.3, 0.4) is 0 Å². The predicted molar refractivity (Wildman–Crippen MR) is 163 cm³/mol. The van der Waals surface area contributed by atoms with Crippen LogP contribution in [0, 0.1) is 11.3 Å². The minimum Gasteiger partial charge on any atom is -0.348 e. The zero-order chi connectivity index (χ0) is 28.1. The molecule has 5 aliphatic rings. The molecule has 40 heavy (non-hydrogen) atoms. The molecule has 5 heteroatoms. The summed E-state index contributed by atoms with van der Waals surface area (Å²) in [5.41, 5.74) is 9.03. The molecule has 6 rings (SSSR count). The van der Waals surface area contributed by atoms with E-state index in [0.29, 0.717) is 9.80 Å². The maximum Gasteiger partial charge on any atom is 0.205 e. The summed E-state index contributed by atoms with van der Waals surface area (Å²) in [6, 6.07) is 8.99. The lowest BCUT2D eigenvalue weighted by atomic mass is 9.77. The van der Waals surface area contributed by atoms with E-state index < -0.39 is 9.84 Å². The average molecular weight is 554 g/mol. The van der Waals surface area contributed by atoms with Crippen molar-refractivity contribution in [1.82, 2.24) is 4.90 Å². The zero-order valence-corrected chi connectivity index (χ0v) is 25.1. The fraction of sp³-hybridized carbons (Fsp3) is 0.400. The molecule has 0 amide bonds. The maximum absolute atomic E-state index is 14.1. The third kappa shape index (κ3) is 4.52. The number of hydrogen-bond donors (Lipinski definition) is 0. The van der Waals surface area contributed by atoms with Gasteiger partial charge in [0.1, 0.15) is 7.05 Å². The van der Waals surface area contributed by atoms with Crippen LogP contribution in [0.2, 0.25) is 0 Å². The van der Waals surface area contributed by atoms with Crippen molar-refractivity contribution < 1.29 is 13.0 Å². The zero-order valence-electron chi connectivity index (χ0n) is 24.3. The Morgan fingerprint density at radius 3 is 2.52 bits per heavy atom. The lowest BCUT2D eigenvalue weighted by molar-refractivity contribution is -0.435. The van der Waals surface area contributed by atoms with Gasteiger partial charge in [-0.3, -0.25) is 0 Å². The smallest absolute Gasteiger partial charge is 0.205 e. The van der Waals surface area contributed by atoms with Crippen LogP contribution in [0.5, 0.6) is 0 Å². The second kappa shape index (κ2) is 10.3. The van der Waals surface area contributed by atoms with Crippen molar-refractivity contribution in [2.24, 2.45) is 11.3 Å². The summed E-state index contributed by atoms with van der Waals surface area (Å²) in [6.45, 7) is 4.59. The quantitative estimate of drug-likeness (QED) is 0.340. The number of hydrogen-bond acceptors (Lipinski definition) is 3. The van der Waals surface area contributed by atoms with Gasteiger partial charge in [0, 0.05) is 42.6 Å². The van der Waals surface area contributed by atoms with Crippen molar-refractivity contribution in [3.8, 4) is 0 Å². The van der Waals surface area contributed by atoms with Crippen molar-refractivity contribution in [2.75, 3.05) is 14.1 Å². The molecule has 0 aromatic heterocycles. The Kier molecular flexibility index (Phi) is 6.98. The Balaban J connectivity index is 1.34. The number of rotatable bonds is 6. The Morgan fingerprint density at radius 2 is 1.77 bits per heavy atom. The lowest BCUT2D eigenvalue weighted by Crippen LogP contribution is -2.25. The number of likely N-dealkylation sites (N-methyl/N-ethyl adjacent to an activating group) is 2. The first-order chi connectivity index (χ1) is 19.2. The molecule has 1 unspecified atom stereocenters. The normalized spacial score (nSPS) is 25.4. The Hall–Kier alpha value is -3.18. The van der Waals surface area contributed by atoms with Crippen LogP contribution in [-0.2, 0) is 9.84 Å². The summed E-state index contributed by atoms with van der Waals surface area (Å²) >= 11 is 0. The summed E-state index contributed by atoms with van der Waals surface area (Å²) < 4.78 is 30.6. The first-order valence-corrected chi connectivity index (χ1v) is 16.2. The van der Waals surface area contributed by atoms with Gasteiger partial charge < -0.3 is 4.90 Å². The average Bonchev–Trinajstić information content (AvgIpc) is 3.58. The van der Waals surface area contributed by atoms with Crippen molar-refractivity contribution in [3.05, 3.63) is 112 Å². The molecule has 0 N–H and O–H groups in total. The molecule has 0 spiro atoms. The summed E-state index contributed by atoms with van der Waals surface area (Å²) in [7, 11) is 0.675. The van der Waals surface area contributed by atoms with Crippen LogP contribution < -0.4 is 0 Å². The third-order valence-corrected chi connectivity index (χ3v) is 11.6. The van der Waals surface area contributed by atoms with Gasteiger partial charge in [0.05, 0.1) is 15.2 Å². The molecule has 3 aliphatic carbocycles. The van der Waals surface area contributed by atoms with Gasteiger partial charge in [-0.15, -0.1) is 0 Å². The topological polar surface area (TPSA) is 40.4 Å². The molecule has 0 saturated heterocycles. The predicted octanol–water partition coefficient (Wildman–Crippen LogP) is 7.62. The number of benzene rings is 1. The van der Waals surface area contributed by atoms with Gasteiger partial charge in [-0.05, 0) is 94.1 Å². The highest BCUT2D eigenvalue weighted by atomic mass is 32.2. The van der Waals surface area contributed by atoms with E-state index in [9.17, 15) is 8.42 Å². The van der Waals surface area contributed by atoms with Gasteiger partial charge in [-0.1, -0.05) is 42.5 Å². The molecule has 1 aromatic rings. The number of nitrogens with zero attached hydrogens (tertiary/aromatic N) is 2. The van der Waals surface area contributed by atoms with E-state index in [0.717, 1.165) is 56.9 Å². The molecule has 208 valence electrons. The van der Waals surface area contributed by atoms with Crippen molar-refractivity contribution in [3.63, 3.8) is 0 Å². The Morgan fingerprint density at radius 1 is 1.02 bits per heavy atom. The number of allylic oxidation sites excluding steroid dienone is 11. The van der Waals surface area contributed by atoms with Crippen molar-refractivity contribution in [1.29, 1.82) is 0 Å². The molecular formula is C35H41N2O2S+. The van der Waals surface area contributed by atoms with Crippen LogP contribution >= 0.6 is 0 Å². The molecule has 2 aliphatic heterocycles. The van der Waals surface area contributed by atoms with Gasteiger partial charge in [0.15, 0.2) is 5.71 Å². The highest BCUT2D eigenvalue weighted by Crippen LogP contribution is 2.45. The third-order valence-electron chi connectivity index (χ3n) is 9.57. The van der Waals surface area contributed by atoms with E-state index in [4.69, 9.17) is 0 Å². The fourth-order valence-electron chi connectivity index (χ4n) is 7.36. The first-order valence-electron chi connectivity index (χ1n) is 14.7. The van der Waals surface area contributed by atoms with Crippen molar-refractivity contribution in [2.45, 2.75) is 70.1 Å². The molecule has 0 bridgehead atoms. The minimum atomic E-state index is -3.61. The SMILES string of the molecule is CN1C2=C(CCC=C2)C/C1=C\CC1CCC(/C=C/C2=[N+](C)C3=C(CCC=C3)C2(C)C)=C1S(=O)(=O)c1ccccc1. The van der Waals surface area contributed by atoms with E-state index in [1.165, 1.54) is 33.9 Å². The van der Waals surface area contributed by atoms with E-state index in [1.807, 2.05) is 18.2 Å². The Bertz CT molecular complexity index is 1590. The van der Waals surface area contributed by atoms with Gasteiger partial charge in [-0.2, -0.15) is 4.58 Å². The highest BCUT2D eigenvalue weighted by Gasteiger charge is 2.44. The molecule has 4 nitrogen and oxygen atoms in total. The molecule has 0 radical (unpaired) electrons. The van der Waals surface area contributed by atoms with E-state index in [1.54, 1.807) is 12.1 Å². The van der Waals surface area contributed by atoms with Crippen LogP contribution in [0.4, 0.5) is 0 Å². The van der Waals surface area contributed by atoms with Gasteiger partial charge in [0.25, 0.3) is 0 Å². The maximum atomic E-state index is 14.1. The summed E-state index contributed by atoms with van der Waals surface area (Å²) in [5, 5.41) is 0. The molecule has 1 aromatic carbocycles. The molecule has 1 atom stereocenters. The number of sulfone groups is 1. The Labute approximate surface area is 240 Å². The molecular weight excluding hydrogens is 512 g/mol. The fourth-order valence-corrected chi connectivity index (χ4v) is 9.30. The van der Waals surface area contributed by atoms with E-state index in [-0.39, 0.29) is 11.3 Å². The summed E-state index contributed by atoms with van der Waals surface area (Å²) in [4.78, 5) is 3.30. The highest BCUT2D eigenvalue weighted by molar-refractivity contribution is 7.95. The monoisotopic (exact) mass is 553 g/mol. The second-order valence-corrected chi connectivity index (χ2v) is 14.2. The molecule has 2 heterocycles. The van der Waals surface area contributed by atoms with E-state index >= 15 is 0 Å². The van der Waals surface area contributed by atoms with Crippen LogP contribution in [0.25, 0.3) is 0 Å². The van der Waals surface area contributed by atoms with Crippen molar-refractivity contribution >= 4 is 15.5 Å². The minimum absolute atomic E-state index is 0.0208. The van der Waals surface area contributed by atoms with Crippen LogP contribution in [0.1, 0.15) is 65.2 Å². The standard InChI is InChI=1S/C35H41N2O2S/c1-35(2)30-15-9-11-17-32(30)37(4)33(35)23-21-26-19-18-25(34(26)40(38,39)29-13-6-5-7-14-29)20-22-28-24-27-12-8-10-16-31(27)36(28)3/h5-7,10-11,13-14,16-17,21-23,25H,8-9,12,15,18-20,24H2,1-4H3/q+1/b23-21+,28-22+. The summed E-state index contributed by atoms with van der Waals surface area (Å²) in [6.07, 6.45) is 23.4. The molecule has 0 saturated carbocycles. The second-order valence-electron chi connectivity index (χ2n) is 12.2. The van der Waals surface area contributed by atoms with Gasteiger partial charge >= 0.3 is 0 Å². The molecule has 0 fully saturated rings. The van der Waals surface area contributed by atoms with E-state index in [2.05, 4.69) is 80.0 Å². The van der Waals surface area contributed by atoms with Gasteiger partial charge in [-0.25, -0.2) is 8.42 Å². The van der Waals surface area contributed by atoms with Crippen LogP contribution in [-0.4, -0.2) is 37.7 Å².